The van der Waals surface area contributed by atoms with E-state index in [0.717, 1.165) is 56.0 Å². The number of aliphatic imine (C=N–C) groups is 1. The summed E-state index contributed by atoms with van der Waals surface area (Å²) in [6.07, 6.45) is 6.60. The second kappa shape index (κ2) is 7.01. The van der Waals surface area contributed by atoms with Crippen molar-refractivity contribution in [1.82, 2.24) is 10.2 Å². The van der Waals surface area contributed by atoms with Crippen molar-refractivity contribution in [2.75, 3.05) is 33.9 Å². The minimum Gasteiger partial charge on any atom is -0.493 e. The molecule has 1 aromatic carbocycles. The predicted molar refractivity (Wildman–Crippen MR) is 104 cm³/mol. The largest absolute Gasteiger partial charge is 0.493 e. The third kappa shape index (κ3) is 3.36. The summed E-state index contributed by atoms with van der Waals surface area (Å²) < 4.78 is 10.9. The summed E-state index contributed by atoms with van der Waals surface area (Å²) in [7, 11) is 3.40. The summed E-state index contributed by atoms with van der Waals surface area (Å²) in [6.45, 7) is 5.91. The molecule has 2 aliphatic carbocycles. The second-order valence-corrected chi connectivity index (χ2v) is 7.95. The summed E-state index contributed by atoms with van der Waals surface area (Å²) in [5.41, 5.74) is 3.21. The first kappa shape index (κ1) is 17.5. The molecule has 0 spiro atoms. The van der Waals surface area contributed by atoms with E-state index in [1.807, 2.05) is 0 Å². The van der Waals surface area contributed by atoms with Gasteiger partial charge in [0.2, 0.25) is 0 Å². The average Bonchev–Trinajstić information content (AvgIpc) is 3.56. The number of hydrogen-bond acceptors (Lipinski definition) is 3. The van der Waals surface area contributed by atoms with Crippen LogP contribution in [0.5, 0.6) is 11.5 Å². The van der Waals surface area contributed by atoms with Crippen molar-refractivity contribution in [2.24, 2.45) is 16.3 Å². The molecule has 1 N–H and O–H groups in total. The van der Waals surface area contributed by atoms with E-state index in [2.05, 4.69) is 29.3 Å². The molecule has 1 aromatic rings. The number of benzene rings is 1. The van der Waals surface area contributed by atoms with Crippen molar-refractivity contribution in [2.45, 2.75) is 45.6 Å². The van der Waals surface area contributed by atoms with E-state index in [4.69, 9.17) is 14.5 Å². The van der Waals surface area contributed by atoms with E-state index in [1.54, 1.807) is 14.2 Å². The average molecular weight is 357 g/mol. The first-order chi connectivity index (χ1) is 12.7. The molecular formula is C21H31N3O2. The molecule has 2 fully saturated rings. The topological polar surface area (TPSA) is 46.1 Å². The first-order valence-electron chi connectivity index (χ1n) is 9.96. The third-order valence-electron chi connectivity index (χ3n) is 6.23. The molecule has 142 valence electrons. The maximum absolute atomic E-state index is 5.49. The van der Waals surface area contributed by atoms with Crippen LogP contribution in [0.15, 0.2) is 17.1 Å². The number of nitrogens with one attached hydrogen (secondary N) is 1. The van der Waals surface area contributed by atoms with Crippen LogP contribution < -0.4 is 14.8 Å². The lowest BCUT2D eigenvalue weighted by atomic mass is 9.99. The Morgan fingerprint density at radius 3 is 2.46 bits per heavy atom. The molecule has 0 aromatic heterocycles. The van der Waals surface area contributed by atoms with Crippen LogP contribution in [0.3, 0.4) is 0 Å². The summed E-state index contributed by atoms with van der Waals surface area (Å²) in [5, 5.41) is 3.51. The fourth-order valence-electron chi connectivity index (χ4n) is 4.27. The Kier molecular flexibility index (Phi) is 4.72. The van der Waals surface area contributed by atoms with Crippen LogP contribution in [0.2, 0.25) is 0 Å². The number of ether oxygens (including phenoxy) is 2. The zero-order chi connectivity index (χ0) is 18.1. The van der Waals surface area contributed by atoms with Gasteiger partial charge in [-0.1, -0.05) is 0 Å². The summed E-state index contributed by atoms with van der Waals surface area (Å²) in [5.74, 6) is 3.65. The molecule has 4 rings (SSSR count). The Balaban J connectivity index is 1.51. The number of nitrogens with zero attached hydrogens (tertiary/aromatic N) is 2. The zero-order valence-electron chi connectivity index (χ0n) is 16.3. The van der Waals surface area contributed by atoms with Crippen molar-refractivity contribution >= 4 is 5.96 Å². The lowest BCUT2D eigenvalue weighted by molar-refractivity contribution is 0.345. The highest BCUT2D eigenvalue weighted by molar-refractivity contribution is 5.80. The molecule has 1 heterocycles. The van der Waals surface area contributed by atoms with Gasteiger partial charge >= 0.3 is 0 Å². The number of methoxy groups -OCH3 is 2. The highest BCUT2D eigenvalue weighted by Crippen LogP contribution is 2.61. The van der Waals surface area contributed by atoms with E-state index >= 15 is 0 Å². The van der Waals surface area contributed by atoms with E-state index in [-0.39, 0.29) is 0 Å². The highest BCUT2D eigenvalue weighted by Gasteiger charge is 2.53. The van der Waals surface area contributed by atoms with Crippen molar-refractivity contribution in [3.05, 3.63) is 23.3 Å². The van der Waals surface area contributed by atoms with Gasteiger partial charge in [0.1, 0.15) is 0 Å². The van der Waals surface area contributed by atoms with Crippen LogP contribution in [0.1, 0.15) is 43.7 Å². The van der Waals surface area contributed by atoms with Crippen LogP contribution in [0, 0.1) is 11.3 Å². The summed E-state index contributed by atoms with van der Waals surface area (Å²) in [6, 6.07) is 4.25. The fourth-order valence-corrected chi connectivity index (χ4v) is 4.27. The quantitative estimate of drug-likeness (QED) is 0.627. The number of rotatable bonds is 6. The monoisotopic (exact) mass is 357 g/mol. The Morgan fingerprint density at radius 1 is 1.19 bits per heavy atom. The van der Waals surface area contributed by atoms with Gasteiger partial charge in [-0.3, -0.25) is 4.99 Å². The van der Waals surface area contributed by atoms with Gasteiger partial charge < -0.3 is 19.7 Å². The number of guanidine groups is 1. The molecular weight excluding hydrogens is 326 g/mol. The normalized spacial score (nSPS) is 21.2. The van der Waals surface area contributed by atoms with Gasteiger partial charge in [0.05, 0.1) is 14.2 Å². The predicted octanol–water partition coefficient (Wildman–Crippen LogP) is 3.22. The number of fused-ring (bicyclic) bond motifs is 1. The van der Waals surface area contributed by atoms with Gasteiger partial charge in [-0.2, -0.15) is 0 Å². The second-order valence-electron chi connectivity index (χ2n) is 7.95. The van der Waals surface area contributed by atoms with Crippen LogP contribution in [0.25, 0.3) is 0 Å². The van der Waals surface area contributed by atoms with Crippen molar-refractivity contribution in [3.8, 4) is 11.5 Å². The van der Waals surface area contributed by atoms with E-state index < -0.39 is 0 Å². The lowest BCUT2D eigenvalue weighted by Gasteiger charge is -2.32. The molecule has 0 saturated heterocycles. The van der Waals surface area contributed by atoms with Crippen molar-refractivity contribution in [1.29, 1.82) is 0 Å². The smallest absolute Gasteiger partial charge is 0.194 e. The summed E-state index contributed by atoms with van der Waals surface area (Å²) in [4.78, 5) is 7.45. The van der Waals surface area contributed by atoms with E-state index in [0.29, 0.717) is 5.41 Å². The highest BCUT2D eigenvalue weighted by atomic mass is 16.5. The first-order valence-corrected chi connectivity index (χ1v) is 9.96. The number of hydrogen-bond donors (Lipinski definition) is 1. The molecule has 3 aliphatic rings. The Labute approximate surface area is 156 Å². The Bertz CT molecular complexity index is 693. The Hall–Kier alpha value is -1.91. The molecule has 2 saturated carbocycles. The van der Waals surface area contributed by atoms with E-state index in [1.165, 1.54) is 36.8 Å². The minimum atomic E-state index is 0.547. The standard InChI is InChI=1S/C21H31N3O2/c1-4-22-20(23-14-21(8-9-21)17-5-6-17)24-10-7-15-11-18(25-2)19(26-3)12-16(15)13-24/h11-12,17H,4-10,13-14H2,1-3H3,(H,22,23). The molecule has 26 heavy (non-hydrogen) atoms. The van der Waals surface area contributed by atoms with Crippen LogP contribution in [-0.2, 0) is 13.0 Å². The molecule has 5 nitrogen and oxygen atoms in total. The van der Waals surface area contributed by atoms with Crippen molar-refractivity contribution in [3.63, 3.8) is 0 Å². The molecule has 0 bridgehead atoms. The van der Waals surface area contributed by atoms with Gasteiger partial charge in [-0.05, 0) is 73.6 Å². The fraction of sp³-hybridized carbons (Fsp3) is 0.667. The molecule has 0 amide bonds. The van der Waals surface area contributed by atoms with Gasteiger partial charge in [-0.15, -0.1) is 0 Å². The van der Waals surface area contributed by atoms with E-state index in [9.17, 15) is 0 Å². The minimum absolute atomic E-state index is 0.547. The Morgan fingerprint density at radius 2 is 1.88 bits per heavy atom. The lowest BCUT2D eigenvalue weighted by Crippen LogP contribution is -2.44. The molecule has 0 radical (unpaired) electrons. The SMILES string of the molecule is CCNC(=NCC1(C2CC2)CC1)N1CCc2cc(OC)c(OC)cc2C1. The molecule has 5 heteroatoms. The molecule has 1 aliphatic heterocycles. The zero-order valence-corrected chi connectivity index (χ0v) is 16.3. The third-order valence-corrected chi connectivity index (χ3v) is 6.23. The maximum atomic E-state index is 5.49. The van der Waals surface area contributed by atoms with Gasteiger partial charge in [0, 0.05) is 26.2 Å². The van der Waals surface area contributed by atoms with Gasteiger partial charge in [0.25, 0.3) is 0 Å². The van der Waals surface area contributed by atoms with Crippen LogP contribution in [0.4, 0.5) is 0 Å². The van der Waals surface area contributed by atoms with Crippen molar-refractivity contribution < 1.29 is 9.47 Å². The molecule has 0 atom stereocenters. The van der Waals surface area contributed by atoms with Crippen LogP contribution >= 0.6 is 0 Å². The van der Waals surface area contributed by atoms with Gasteiger partial charge in [-0.25, -0.2) is 0 Å². The summed E-state index contributed by atoms with van der Waals surface area (Å²) >= 11 is 0. The van der Waals surface area contributed by atoms with Crippen LogP contribution in [-0.4, -0.2) is 44.7 Å². The molecule has 0 unspecified atom stereocenters. The maximum Gasteiger partial charge on any atom is 0.194 e. The van der Waals surface area contributed by atoms with Gasteiger partial charge in [0.15, 0.2) is 17.5 Å².